The lowest BCUT2D eigenvalue weighted by molar-refractivity contribution is -0.138. The molecule has 0 atom stereocenters. The second-order valence-corrected chi connectivity index (χ2v) is 4.66. The maximum Gasteiger partial charge on any atom is 0.325 e. The quantitative estimate of drug-likeness (QED) is 0.822. The topological polar surface area (TPSA) is 105 Å². The third-order valence-corrected chi connectivity index (χ3v) is 3.34. The lowest BCUT2D eigenvalue weighted by Crippen LogP contribution is -2.11. The van der Waals surface area contributed by atoms with Crippen LogP contribution in [0.25, 0.3) is 0 Å². The van der Waals surface area contributed by atoms with Gasteiger partial charge in [-0.05, 0) is 28.1 Å². The number of carboxylic acids is 1. The van der Waals surface area contributed by atoms with E-state index in [1.54, 1.807) is 0 Å². The number of nitriles is 1. The van der Waals surface area contributed by atoms with Crippen LogP contribution in [0.2, 0.25) is 0 Å². The molecule has 0 spiro atoms. The fourth-order valence-corrected chi connectivity index (χ4v) is 2.33. The number of benzene rings is 1. The zero-order chi connectivity index (χ0) is 14.5. The highest BCUT2D eigenvalue weighted by atomic mass is 32.2. The Hall–Kier alpha value is -2.47. The lowest BCUT2D eigenvalue weighted by atomic mass is 10.1. The molecule has 2 aromatic rings. The van der Waals surface area contributed by atoms with Gasteiger partial charge in [0.25, 0.3) is 0 Å². The molecule has 20 heavy (non-hydrogen) atoms. The van der Waals surface area contributed by atoms with Crippen molar-refractivity contribution >= 4 is 17.7 Å². The molecule has 0 bridgehead atoms. The number of thioether (sulfide) groups is 1. The Balaban J connectivity index is 2.12. The fraction of sp³-hybridized carbons (Fsp3) is 0.182. The molecule has 0 aliphatic carbocycles. The SMILES string of the molecule is N#Cc1cc(F)ccc1CSc1nnnn1CC(=O)O. The van der Waals surface area contributed by atoms with Gasteiger partial charge in [0.2, 0.25) is 5.16 Å². The summed E-state index contributed by atoms with van der Waals surface area (Å²) < 4.78 is 14.1. The minimum absolute atomic E-state index is 0.231. The third kappa shape index (κ3) is 3.30. The van der Waals surface area contributed by atoms with Gasteiger partial charge in [-0.1, -0.05) is 17.8 Å². The van der Waals surface area contributed by atoms with E-state index < -0.39 is 11.8 Å². The largest absolute Gasteiger partial charge is 0.480 e. The molecule has 102 valence electrons. The van der Waals surface area contributed by atoms with Crippen LogP contribution in [0.1, 0.15) is 11.1 Å². The average Bonchev–Trinajstić information content (AvgIpc) is 2.83. The van der Waals surface area contributed by atoms with E-state index in [1.807, 2.05) is 6.07 Å². The smallest absolute Gasteiger partial charge is 0.325 e. The van der Waals surface area contributed by atoms with Gasteiger partial charge in [-0.3, -0.25) is 4.79 Å². The fourth-order valence-electron chi connectivity index (χ4n) is 1.45. The van der Waals surface area contributed by atoms with E-state index in [9.17, 15) is 9.18 Å². The molecule has 0 saturated carbocycles. The number of aliphatic carboxylic acids is 1. The summed E-state index contributed by atoms with van der Waals surface area (Å²) in [7, 11) is 0. The molecule has 9 heteroatoms. The van der Waals surface area contributed by atoms with E-state index in [4.69, 9.17) is 10.4 Å². The van der Waals surface area contributed by atoms with Gasteiger partial charge in [0.1, 0.15) is 12.4 Å². The molecule has 0 amide bonds. The van der Waals surface area contributed by atoms with Crippen molar-refractivity contribution in [3.63, 3.8) is 0 Å². The van der Waals surface area contributed by atoms with E-state index in [0.717, 1.165) is 10.7 Å². The maximum atomic E-state index is 13.0. The molecule has 1 N–H and O–H groups in total. The Bertz CT molecular complexity index is 682. The van der Waals surface area contributed by atoms with Crippen molar-refractivity contribution < 1.29 is 14.3 Å². The first-order valence-electron chi connectivity index (χ1n) is 5.39. The number of carbonyl (C=O) groups is 1. The van der Waals surface area contributed by atoms with Crippen LogP contribution in [-0.2, 0) is 17.1 Å². The van der Waals surface area contributed by atoms with Crippen LogP contribution in [0.4, 0.5) is 4.39 Å². The van der Waals surface area contributed by atoms with Gasteiger partial charge in [-0.25, -0.2) is 9.07 Å². The van der Waals surface area contributed by atoms with Crippen molar-refractivity contribution in [2.75, 3.05) is 0 Å². The van der Waals surface area contributed by atoms with Crippen LogP contribution in [0.3, 0.4) is 0 Å². The van der Waals surface area contributed by atoms with Crippen molar-refractivity contribution in [1.29, 1.82) is 5.26 Å². The molecule has 1 aromatic carbocycles. The van der Waals surface area contributed by atoms with Gasteiger partial charge in [0.05, 0.1) is 11.6 Å². The zero-order valence-electron chi connectivity index (χ0n) is 10.0. The zero-order valence-corrected chi connectivity index (χ0v) is 10.8. The minimum atomic E-state index is -1.06. The van der Waals surface area contributed by atoms with Crippen LogP contribution in [0.5, 0.6) is 0 Å². The van der Waals surface area contributed by atoms with Gasteiger partial charge in [-0.2, -0.15) is 5.26 Å². The second-order valence-electron chi connectivity index (χ2n) is 3.71. The van der Waals surface area contributed by atoms with E-state index >= 15 is 0 Å². The Morgan fingerprint density at radius 1 is 1.55 bits per heavy atom. The summed E-state index contributed by atoms with van der Waals surface area (Å²) in [5, 5.41) is 28.6. The summed E-state index contributed by atoms with van der Waals surface area (Å²) in [5.74, 6) is -1.20. The molecular weight excluding hydrogens is 285 g/mol. The highest BCUT2D eigenvalue weighted by Crippen LogP contribution is 2.22. The number of rotatable bonds is 5. The van der Waals surface area contributed by atoms with Gasteiger partial charge in [0.15, 0.2) is 0 Å². The first-order valence-corrected chi connectivity index (χ1v) is 6.38. The maximum absolute atomic E-state index is 13.0. The Morgan fingerprint density at radius 2 is 2.35 bits per heavy atom. The number of tetrazole rings is 1. The molecule has 2 rings (SSSR count). The van der Waals surface area contributed by atoms with Gasteiger partial charge in [0, 0.05) is 5.75 Å². The molecule has 7 nitrogen and oxygen atoms in total. The first-order chi connectivity index (χ1) is 9.60. The standard InChI is InChI=1S/C11H8FN5O2S/c12-9-2-1-7(8(3-9)4-13)6-20-11-14-15-16-17(11)5-10(18)19/h1-3H,5-6H2,(H,18,19). The van der Waals surface area contributed by atoms with Gasteiger partial charge < -0.3 is 5.11 Å². The Kier molecular flexibility index (Phi) is 4.27. The molecule has 0 fully saturated rings. The average molecular weight is 293 g/mol. The molecular formula is C11H8FN5O2S. The van der Waals surface area contributed by atoms with Gasteiger partial charge in [-0.15, -0.1) is 5.10 Å². The van der Waals surface area contributed by atoms with Crippen LogP contribution in [-0.4, -0.2) is 31.3 Å². The number of nitrogens with zero attached hydrogens (tertiary/aromatic N) is 5. The van der Waals surface area contributed by atoms with E-state index in [2.05, 4.69) is 15.5 Å². The van der Waals surface area contributed by atoms with Crippen molar-refractivity contribution in [2.24, 2.45) is 0 Å². The predicted octanol–water partition coefficient (Wildman–Crippen LogP) is 1.06. The number of aromatic nitrogens is 4. The summed E-state index contributed by atoms with van der Waals surface area (Å²) in [6, 6.07) is 5.82. The number of hydrogen-bond acceptors (Lipinski definition) is 6. The molecule has 1 aromatic heterocycles. The molecule has 0 radical (unpaired) electrons. The summed E-state index contributed by atoms with van der Waals surface area (Å²) in [6.07, 6.45) is 0. The monoisotopic (exact) mass is 293 g/mol. The molecule has 0 unspecified atom stereocenters. The molecule has 0 aliphatic heterocycles. The van der Waals surface area contributed by atoms with Crippen molar-refractivity contribution in [1.82, 2.24) is 20.2 Å². The van der Waals surface area contributed by atoms with Crippen LogP contribution in [0, 0.1) is 17.1 Å². The van der Waals surface area contributed by atoms with Crippen molar-refractivity contribution in [2.45, 2.75) is 17.5 Å². The molecule has 1 heterocycles. The Labute approximate surface area is 117 Å². The summed E-state index contributed by atoms with van der Waals surface area (Å²) >= 11 is 1.17. The second kappa shape index (κ2) is 6.12. The number of halogens is 1. The van der Waals surface area contributed by atoms with E-state index in [1.165, 1.54) is 23.9 Å². The third-order valence-electron chi connectivity index (χ3n) is 2.33. The number of carboxylic acid groups (broad SMARTS) is 1. The van der Waals surface area contributed by atoms with Crippen LogP contribution >= 0.6 is 11.8 Å². The highest BCUT2D eigenvalue weighted by molar-refractivity contribution is 7.98. The summed E-state index contributed by atoms with van der Waals surface area (Å²) in [6.45, 7) is -0.343. The Morgan fingerprint density at radius 3 is 3.05 bits per heavy atom. The summed E-state index contributed by atoms with van der Waals surface area (Å²) in [4.78, 5) is 10.6. The first kappa shape index (κ1) is 14.0. The van der Waals surface area contributed by atoms with Crippen LogP contribution < -0.4 is 0 Å². The van der Waals surface area contributed by atoms with Crippen molar-refractivity contribution in [3.8, 4) is 6.07 Å². The van der Waals surface area contributed by atoms with Crippen LogP contribution in [0.15, 0.2) is 23.4 Å². The van der Waals surface area contributed by atoms with E-state index in [0.29, 0.717) is 16.5 Å². The lowest BCUT2D eigenvalue weighted by Gasteiger charge is -2.04. The minimum Gasteiger partial charge on any atom is -0.480 e. The summed E-state index contributed by atoms with van der Waals surface area (Å²) in [5.41, 5.74) is 0.860. The normalized spacial score (nSPS) is 10.2. The predicted molar refractivity (Wildman–Crippen MR) is 66.1 cm³/mol. The van der Waals surface area contributed by atoms with E-state index in [-0.39, 0.29) is 12.1 Å². The molecule has 0 aliphatic rings. The molecule has 0 saturated heterocycles. The van der Waals surface area contributed by atoms with Crippen molar-refractivity contribution in [3.05, 3.63) is 35.1 Å². The highest BCUT2D eigenvalue weighted by Gasteiger charge is 2.11. The number of hydrogen-bond donors (Lipinski definition) is 1. The van der Waals surface area contributed by atoms with Gasteiger partial charge >= 0.3 is 5.97 Å².